The van der Waals surface area contributed by atoms with Gasteiger partial charge in [0.05, 0.1) is 24.3 Å². The van der Waals surface area contributed by atoms with Crippen molar-refractivity contribution in [1.82, 2.24) is 4.90 Å². The van der Waals surface area contributed by atoms with Crippen LogP contribution in [0.25, 0.3) is 0 Å². The van der Waals surface area contributed by atoms with Crippen LogP contribution in [0, 0.1) is 0 Å². The Labute approximate surface area is 121 Å². The van der Waals surface area contributed by atoms with Crippen molar-refractivity contribution in [2.45, 2.75) is 12.7 Å². The molecular formula is C17H13NO3. The van der Waals surface area contributed by atoms with Gasteiger partial charge >= 0.3 is 0 Å². The van der Waals surface area contributed by atoms with Gasteiger partial charge in [-0.3, -0.25) is 14.5 Å². The molecule has 2 aromatic rings. The number of carbonyl (C=O) groups is 2. The number of carbonyl (C=O) groups excluding carboxylic acids is 2. The quantitative estimate of drug-likeness (QED) is 0.794. The maximum Gasteiger partial charge on any atom is 0.261 e. The summed E-state index contributed by atoms with van der Waals surface area (Å²) in [5.41, 5.74) is 3.15. The Bertz CT molecular complexity index is 718. The molecule has 104 valence electrons. The fourth-order valence-electron chi connectivity index (χ4n) is 2.98. The van der Waals surface area contributed by atoms with Crippen LogP contribution in [0.5, 0.6) is 0 Å². The van der Waals surface area contributed by atoms with Crippen LogP contribution in [0.4, 0.5) is 0 Å². The molecule has 0 fully saturated rings. The van der Waals surface area contributed by atoms with Gasteiger partial charge in [-0.15, -0.1) is 0 Å². The first-order valence-electron chi connectivity index (χ1n) is 6.90. The van der Waals surface area contributed by atoms with E-state index in [-0.39, 0.29) is 24.5 Å². The molecule has 2 aromatic carbocycles. The molecule has 4 rings (SSSR count). The maximum absolute atomic E-state index is 12.4. The van der Waals surface area contributed by atoms with E-state index >= 15 is 0 Å². The smallest absolute Gasteiger partial charge is 0.261 e. The van der Waals surface area contributed by atoms with Gasteiger partial charge in [0.1, 0.15) is 6.10 Å². The zero-order chi connectivity index (χ0) is 14.4. The Morgan fingerprint density at radius 1 is 0.952 bits per heavy atom. The normalized spacial score (nSPS) is 19.8. The molecule has 1 atom stereocenters. The van der Waals surface area contributed by atoms with E-state index in [9.17, 15) is 9.59 Å². The summed E-state index contributed by atoms with van der Waals surface area (Å²) in [6.45, 7) is 0.799. The van der Waals surface area contributed by atoms with Crippen molar-refractivity contribution in [2.75, 3.05) is 6.54 Å². The third-order valence-corrected chi connectivity index (χ3v) is 4.07. The van der Waals surface area contributed by atoms with Crippen LogP contribution < -0.4 is 0 Å². The lowest BCUT2D eigenvalue weighted by molar-refractivity contribution is 0.0314. The zero-order valence-corrected chi connectivity index (χ0v) is 11.3. The Kier molecular flexibility index (Phi) is 2.65. The van der Waals surface area contributed by atoms with Crippen LogP contribution in [0.2, 0.25) is 0 Å². The highest BCUT2D eigenvalue weighted by molar-refractivity contribution is 6.21. The average molecular weight is 279 g/mol. The van der Waals surface area contributed by atoms with Gasteiger partial charge in [0.25, 0.3) is 11.8 Å². The van der Waals surface area contributed by atoms with Crippen LogP contribution in [-0.2, 0) is 11.3 Å². The largest absolute Gasteiger partial charge is 0.367 e. The molecule has 2 aliphatic rings. The van der Waals surface area contributed by atoms with Crippen LogP contribution in [0.3, 0.4) is 0 Å². The predicted octanol–water partition coefficient (Wildman–Crippen LogP) is 2.55. The molecule has 0 radical (unpaired) electrons. The first kappa shape index (κ1) is 12.3. The summed E-state index contributed by atoms with van der Waals surface area (Å²) >= 11 is 0. The van der Waals surface area contributed by atoms with Gasteiger partial charge < -0.3 is 4.74 Å². The van der Waals surface area contributed by atoms with Gasteiger partial charge in [0, 0.05) is 0 Å². The number of hydrogen-bond donors (Lipinski definition) is 0. The lowest BCUT2D eigenvalue weighted by Gasteiger charge is -2.19. The van der Waals surface area contributed by atoms with Gasteiger partial charge in [-0.05, 0) is 23.3 Å². The Morgan fingerprint density at radius 2 is 1.57 bits per heavy atom. The van der Waals surface area contributed by atoms with E-state index in [0.717, 1.165) is 11.1 Å². The molecule has 0 N–H and O–H groups in total. The van der Waals surface area contributed by atoms with E-state index in [1.54, 1.807) is 24.3 Å². The number of hydrogen-bond acceptors (Lipinski definition) is 3. The zero-order valence-electron chi connectivity index (χ0n) is 11.3. The molecule has 2 aliphatic heterocycles. The van der Waals surface area contributed by atoms with Crippen molar-refractivity contribution < 1.29 is 14.3 Å². The molecule has 4 nitrogen and oxygen atoms in total. The fourth-order valence-corrected chi connectivity index (χ4v) is 2.98. The number of amides is 2. The molecule has 0 bridgehead atoms. The minimum atomic E-state index is -0.233. The fraction of sp³-hybridized carbons (Fsp3) is 0.176. The first-order chi connectivity index (χ1) is 10.3. The molecule has 2 heterocycles. The molecule has 2 amide bonds. The van der Waals surface area contributed by atoms with Crippen LogP contribution in [0.1, 0.15) is 37.9 Å². The molecule has 0 spiro atoms. The standard InChI is InChI=1S/C17H13NO3/c19-16-13-7-3-4-8-14(13)17(20)18(16)9-15-12-6-2-1-5-11(12)10-21-15/h1-8,15H,9-10H2. The maximum atomic E-state index is 12.4. The van der Waals surface area contributed by atoms with Gasteiger partial charge in [-0.1, -0.05) is 36.4 Å². The summed E-state index contributed by atoms with van der Waals surface area (Å²) in [7, 11) is 0. The second-order valence-corrected chi connectivity index (χ2v) is 5.26. The molecule has 0 saturated carbocycles. The van der Waals surface area contributed by atoms with Crippen molar-refractivity contribution >= 4 is 11.8 Å². The Hall–Kier alpha value is -2.46. The summed E-state index contributed by atoms with van der Waals surface area (Å²) < 4.78 is 5.73. The van der Waals surface area contributed by atoms with E-state index in [1.807, 2.05) is 24.3 Å². The van der Waals surface area contributed by atoms with E-state index in [0.29, 0.717) is 17.7 Å². The highest BCUT2D eigenvalue weighted by Gasteiger charge is 2.38. The van der Waals surface area contributed by atoms with Gasteiger partial charge in [-0.2, -0.15) is 0 Å². The summed E-state index contributed by atoms with van der Waals surface area (Å²) in [4.78, 5) is 26.0. The molecular weight excluding hydrogens is 266 g/mol. The van der Waals surface area contributed by atoms with Gasteiger partial charge in [0.2, 0.25) is 0 Å². The molecule has 0 aromatic heterocycles. The monoisotopic (exact) mass is 279 g/mol. The summed E-state index contributed by atoms with van der Waals surface area (Å²) in [5, 5.41) is 0. The van der Waals surface area contributed by atoms with Gasteiger partial charge in [0.15, 0.2) is 0 Å². The number of ether oxygens (including phenoxy) is 1. The summed E-state index contributed by atoms with van der Waals surface area (Å²) in [5.74, 6) is -0.466. The molecule has 1 unspecified atom stereocenters. The van der Waals surface area contributed by atoms with E-state index < -0.39 is 0 Å². The van der Waals surface area contributed by atoms with Crippen LogP contribution in [-0.4, -0.2) is 23.3 Å². The Balaban J connectivity index is 1.63. The van der Waals surface area contributed by atoms with Crippen LogP contribution in [0.15, 0.2) is 48.5 Å². The van der Waals surface area contributed by atoms with Crippen molar-refractivity contribution in [3.8, 4) is 0 Å². The van der Waals surface area contributed by atoms with E-state index in [4.69, 9.17) is 4.74 Å². The summed E-state index contributed by atoms with van der Waals surface area (Å²) in [6, 6.07) is 14.8. The van der Waals surface area contributed by atoms with Crippen LogP contribution >= 0.6 is 0 Å². The molecule has 4 heteroatoms. The number of benzene rings is 2. The second kappa shape index (κ2) is 4.53. The number of imide groups is 1. The minimum Gasteiger partial charge on any atom is -0.367 e. The minimum absolute atomic E-state index is 0.233. The number of nitrogens with zero attached hydrogens (tertiary/aromatic N) is 1. The molecule has 0 saturated heterocycles. The average Bonchev–Trinajstić information content (AvgIpc) is 3.04. The predicted molar refractivity (Wildman–Crippen MR) is 75.8 cm³/mol. The van der Waals surface area contributed by atoms with E-state index in [2.05, 4.69) is 0 Å². The lowest BCUT2D eigenvalue weighted by atomic mass is 10.1. The first-order valence-corrected chi connectivity index (χ1v) is 6.90. The Morgan fingerprint density at radius 3 is 2.29 bits per heavy atom. The van der Waals surface area contributed by atoms with Crippen molar-refractivity contribution in [1.29, 1.82) is 0 Å². The SMILES string of the molecule is O=C1c2ccccc2C(=O)N1CC1OCc2ccccc21. The van der Waals surface area contributed by atoms with E-state index in [1.165, 1.54) is 4.90 Å². The van der Waals surface area contributed by atoms with Gasteiger partial charge in [-0.25, -0.2) is 0 Å². The van der Waals surface area contributed by atoms with Crippen molar-refractivity contribution in [3.05, 3.63) is 70.8 Å². The highest BCUT2D eigenvalue weighted by atomic mass is 16.5. The summed E-state index contributed by atoms with van der Waals surface area (Å²) in [6.07, 6.45) is -0.233. The molecule has 21 heavy (non-hydrogen) atoms. The third kappa shape index (κ3) is 1.80. The highest BCUT2D eigenvalue weighted by Crippen LogP contribution is 2.33. The number of fused-ring (bicyclic) bond motifs is 2. The second-order valence-electron chi connectivity index (χ2n) is 5.26. The third-order valence-electron chi connectivity index (χ3n) is 4.07. The molecule has 0 aliphatic carbocycles. The number of rotatable bonds is 2. The van der Waals surface area contributed by atoms with Crippen molar-refractivity contribution in [3.63, 3.8) is 0 Å². The lowest BCUT2D eigenvalue weighted by Crippen LogP contribution is -2.33. The topological polar surface area (TPSA) is 46.6 Å². The van der Waals surface area contributed by atoms with Crippen molar-refractivity contribution in [2.24, 2.45) is 0 Å².